The van der Waals surface area contributed by atoms with E-state index in [1.165, 1.54) is 17.8 Å². The highest BCUT2D eigenvalue weighted by Gasteiger charge is 2.42. The molecule has 0 saturated heterocycles. The number of hydrogen-bond acceptors (Lipinski definition) is 3. The molecule has 0 aliphatic heterocycles. The second kappa shape index (κ2) is 4.69. The first-order valence-corrected chi connectivity index (χ1v) is 7.42. The van der Waals surface area contributed by atoms with E-state index in [1.54, 1.807) is 11.3 Å². The Kier molecular flexibility index (Phi) is 3.60. The summed E-state index contributed by atoms with van der Waals surface area (Å²) in [5.74, 6) is 0. The Morgan fingerprint density at radius 1 is 1.29 bits per heavy atom. The molecular weight excluding hydrogens is 230 g/mol. The fourth-order valence-electron chi connectivity index (χ4n) is 2.59. The van der Waals surface area contributed by atoms with Crippen molar-refractivity contribution in [3.63, 3.8) is 0 Å². The van der Waals surface area contributed by atoms with Crippen LogP contribution in [0.25, 0.3) is 0 Å². The van der Waals surface area contributed by atoms with Gasteiger partial charge in [-0.05, 0) is 44.9 Å². The molecule has 1 aliphatic rings. The molecule has 2 nitrogen and oxygen atoms in total. The fraction of sp³-hybridized carbons (Fsp3) is 0.786. The third kappa shape index (κ3) is 2.71. The predicted molar refractivity (Wildman–Crippen MR) is 72.4 cm³/mol. The maximum atomic E-state index is 6.11. The van der Waals surface area contributed by atoms with Crippen LogP contribution in [0.1, 0.15) is 57.2 Å². The molecule has 0 unspecified atom stereocenters. The highest BCUT2D eigenvalue weighted by molar-refractivity contribution is 7.09. The Hall–Kier alpha value is -0.410. The van der Waals surface area contributed by atoms with Crippen LogP contribution in [0.4, 0.5) is 0 Å². The molecule has 0 spiro atoms. The van der Waals surface area contributed by atoms with Gasteiger partial charge in [0.2, 0.25) is 0 Å². The zero-order valence-corrected chi connectivity index (χ0v) is 12.2. The number of thiazole rings is 1. The number of hydrogen-bond donors (Lipinski definition) is 0. The van der Waals surface area contributed by atoms with Gasteiger partial charge in [-0.1, -0.05) is 13.8 Å². The smallest absolute Gasteiger partial charge is 0.125 e. The third-order valence-corrected chi connectivity index (χ3v) is 4.99. The summed E-state index contributed by atoms with van der Waals surface area (Å²) < 4.78 is 6.11. The van der Waals surface area contributed by atoms with Gasteiger partial charge in [0.15, 0.2) is 0 Å². The predicted octanol–water partition coefficient (Wildman–Crippen LogP) is 4.28. The van der Waals surface area contributed by atoms with Gasteiger partial charge in [-0.2, -0.15) is 0 Å². The molecule has 3 heteroatoms. The van der Waals surface area contributed by atoms with E-state index in [4.69, 9.17) is 4.74 Å². The average molecular weight is 253 g/mol. The zero-order chi connectivity index (χ0) is 12.5. The maximum absolute atomic E-state index is 6.11. The van der Waals surface area contributed by atoms with E-state index in [-0.39, 0.29) is 5.60 Å². The molecule has 0 amide bonds. The standard InChI is InChI=1S/C14H23NOS/c1-5-16-14(12-15-11(2)10-17-12)8-6-13(3,4)7-9-14/h10H,5-9H2,1-4H3. The van der Waals surface area contributed by atoms with E-state index in [1.807, 2.05) is 0 Å². The van der Waals surface area contributed by atoms with E-state index >= 15 is 0 Å². The van der Waals surface area contributed by atoms with E-state index in [0.29, 0.717) is 5.41 Å². The lowest BCUT2D eigenvalue weighted by molar-refractivity contribution is -0.0890. The highest BCUT2D eigenvalue weighted by Crippen LogP contribution is 2.48. The summed E-state index contributed by atoms with van der Waals surface area (Å²) in [6.45, 7) is 9.64. The molecule has 1 aromatic heterocycles. The van der Waals surface area contributed by atoms with Gasteiger partial charge < -0.3 is 4.74 Å². The van der Waals surface area contributed by atoms with Crippen LogP contribution in [0.2, 0.25) is 0 Å². The molecule has 1 saturated carbocycles. The lowest BCUT2D eigenvalue weighted by Crippen LogP contribution is -2.37. The summed E-state index contributed by atoms with van der Waals surface area (Å²) in [4.78, 5) is 4.67. The van der Waals surface area contributed by atoms with Gasteiger partial charge in [0.1, 0.15) is 10.6 Å². The first-order valence-electron chi connectivity index (χ1n) is 6.54. The number of aryl methyl sites for hydroxylation is 1. The largest absolute Gasteiger partial charge is 0.368 e. The van der Waals surface area contributed by atoms with Crippen LogP contribution >= 0.6 is 11.3 Å². The molecule has 0 atom stereocenters. The van der Waals surface area contributed by atoms with Crippen LogP contribution in [0.15, 0.2) is 5.38 Å². The molecule has 17 heavy (non-hydrogen) atoms. The number of aromatic nitrogens is 1. The Morgan fingerprint density at radius 3 is 2.41 bits per heavy atom. The molecule has 1 heterocycles. The summed E-state index contributed by atoms with van der Waals surface area (Å²) >= 11 is 1.76. The topological polar surface area (TPSA) is 22.1 Å². The molecular formula is C14H23NOS. The van der Waals surface area contributed by atoms with E-state index in [0.717, 1.165) is 25.1 Å². The van der Waals surface area contributed by atoms with E-state index in [2.05, 4.69) is 38.1 Å². The SMILES string of the molecule is CCOC1(c2nc(C)cs2)CCC(C)(C)CC1. The van der Waals surface area contributed by atoms with Crippen molar-refractivity contribution in [1.29, 1.82) is 0 Å². The second-order valence-electron chi connectivity index (χ2n) is 5.89. The Bertz CT molecular complexity index is 373. The lowest BCUT2D eigenvalue weighted by atomic mass is 9.71. The zero-order valence-electron chi connectivity index (χ0n) is 11.4. The normalized spacial score (nSPS) is 22.6. The van der Waals surface area contributed by atoms with Crippen molar-refractivity contribution in [2.45, 2.75) is 59.0 Å². The molecule has 1 aromatic rings. The molecule has 1 fully saturated rings. The summed E-state index contributed by atoms with van der Waals surface area (Å²) in [5.41, 5.74) is 1.49. The molecule has 0 N–H and O–H groups in total. The highest BCUT2D eigenvalue weighted by atomic mass is 32.1. The van der Waals surface area contributed by atoms with E-state index in [9.17, 15) is 0 Å². The van der Waals surface area contributed by atoms with Crippen LogP contribution in [0.3, 0.4) is 0 Å². The lowest BCUT2D eigenvalue weighted by Gasteiger charge is -2.42. The molecule has 1 aliphatic carbocycles. The van der Waals surface area contributed by atoms with Crippen molar-refractivity contribution in [1.82, 2.24) is 4.98 Å². The van der Waals surface area contributed by atoms with Gasteiger partial charge in [0, 0.05) is 17.7 Å². The van der Waals surface area contributed by atoms with Crippen molar-refractivity contribution in [3.05, 3.63) is 16.1 Å². The summed E-state index contributed by atoms with van der Waals surface area (Å²) in [6.07, 6.45) is 4.68. The molecule has 0 aromatic carbocycles. The van der Waals surface area contributed by atoms with Crippen LogP contribution < -0.4 is 0 Å². The number of ether oxygens (including phenoxy) is 1. The average Bonchev–Trinajstić information content (AvgIpc) is 2.69. The Labute approximate surface area is 108 Å². The molecule has 96 valence electrons. The quantitative estimate of drug-likeness (QED) is 0.802. The summed E-state index contributed by atoms with van der Waals surface area (Å²) in [6, 6.07) is 0. The van der Waals surface area contributed by atoms with Crippen LogP contribution in [-0.4, -0.2) is 11.6 Å². The molecule has 0 bridgehead atoms. The third-order valence-electron chi connectivity index (χ3n) is 3.84. The van der Waals surface area contributed by atoms with Crippen LogP contribution in [0, 0.1) is 12.3 Å². The van der Waals surface area contributed by atoms with Crippen molar-refractivity contribution in [2.24, 2.45) is 5.41 Å². The van der Waals surface area contributed by atoms with Gasteiger partial charge >= 0.3 is 0 Å². The van der Waals surface area contributed by atoms with Crippen molar-refractivity contribution < 1.29 is 4.74 Å². The summed E-state index contributed by atoms with van der Waals surface area (Å²) in [5, 5.41) is 3.32. The van der Waals surface area contributed by atoms with Gasteiger partial charge in [-0.3, -0.25) is 0 Å². The number of rotatable bonds is 3. The second-order valence-corrected chi connectivity index (χ2v) is 6.74. The fourth-order valence-corrected chi connectivity index (χ4v) is 3.60. The van der Waals surface area contributed by atoms with Crippen molar-refractivity contribution in [3.8, 4) is 0 Å². The van der Waals surface area contributed by atoms with Crippen molar-refractivity contribution >= 4 is 11.3 Å². The van der Waals surface area contributed by atoms with Crippen molar-refractivity contribution in [2.75, 3.05) is 6.61 Å². The minimum Gasteiger partial charge on any atom is -0.368 e. The van der Waals surface area contributed by atoms with Gasteiger partial charge in [-0.15, -0.1) is 11.3 Å². The van der Waals surface area contributed by atoms with E-state index < -0.39 is 0 Å². The van der Waals surface area contributed by atoms with Gasteiger partial charge in [0.25, 0.3) is 0 Å². The number of nitrogens with zero attached hydrogens (tertiary/aromatic N) is 1. The minimum atomic E-state index is -0.0941. The first-order chi connectivity index (χ1) is 7.97. The van der Waals surface area contributed by atoms with Gasteiger partial charge in [0.05, 0.1) is 0 Å². The molecule has 0 radical (unpaired) electrons. The van der Waals surface area contributed by atoms with Gasteiger partial charge in [-0.25, -0.2) is 4.98 Å². The minimum absolute atomic E-state index is 0.0941. The maximum Gasteiger partial charge on any atom is 0.125 e. The molecule has 2 rings (SSSR count). The Balaban J connectivity index is 2.22. The van der Waals surface area contributed by atoms with Crippen LogP contribution in [-0.2, 0) is 10.3 Å². The summed E-state index contributed by atoms with van der Waals surface area (Å²) in [7, 11) is 0. The first kappa shape index (κ1) is 13.0. The monoisotopic (exact) mass is 253 g/mol. The Morgan fingerprint density at radius 2 is 1.94 bits per heavy atom. The van der Waals surface area contributed by atoms with Crippen LogP contribution in [0.5, 0.6) is 0 Å².